The molecule has 0 saturated carbocycles. The van der Waals surface area contributed by atoms with Gasteiger partial charge in [-0.15, -0.1) is 0 Å². The Morgan fingerprint density at radius 3 is 2.55 bits per heavy atom. The van der Waals surface area contributed by atoms with Gasteiger partial charge in [0.2, 0.25) is 0 Å². The summed E-state index contributed by atoms with van der Waals surface area (Å²) in [6, 6.07) is 3.38. The number of hydrogen-bond donors (Lipinski definition) is 1. The largest absolute Gasteiger partial charge is 0.467 e. The lowest BCUT2D eigenvalue weighted by Gasteiger charge is -2.21. The number of nitrogens with one attached hydrogen (secondary N) is 1. The molecule has 0 bridgehead atoms. The van der Waals surface area contributed by atoms with Gasteiger partial charge in [-0.2, -0.15) is 0 Å². The minimum Gasteiger partial charge on any atom is -0.467 e. The Labute approximate surface area is 118 Å². The molecule has 0 spiro atoms. The second kappa shape index (κ2) is 7.03. The van der Waals surface area contributed by atoms with Gasteiger partial charge < -0.3 is 10.1 Å². The first-order valence-corrected chi connectivity index (χ1v) is 6.55. The molecule has 5 heteroatoms. The van der Waals surface area contributed by atoms with Crippen molar-refractivity contribution in [3.8, 4) is 0 Å². The van der Waals surface area contributed by atoms with E-state index >= 15 is 0 Å². The second-order valence-corrected chi connectivity index (χ2v) is 4.82. The Bertz CT molecular complexity index is 502. The zero-order valence-electron chi connectivity index (χ0n) is 12.2. The molecule has 0 saturated heterocycles. The van der Waals surface area contributed by atoms with Crippen LogP contribution in [0.15, 0.2) is 18.2 Å². The Balaban J connectivity index is 2.90. The molecule has 1 rings (SSSR count). The van der Waals surface area contributed by atoms with Crippen LogP contribution in [0.1, 0.15) is 36.2 Å². The molecule has 0 heterocycles. The molecule has 20 heavy (non-hydrogen) atoms. The van der Waals surface area contributed by atoms with Gasteiger partial charge in [-0.05, 0) is 36.6 Å². The lowest BCUT2D eigenvalue weighted by atomic mass is 9.98. The summed E-state index contributed by atoms with van der Waals surface area (Å²) in [4.78, 5) is 23.8. The van der Waals surface area contributed by atoms with Crippen LogP contribution in [-0.4, -0.2) is 25.0 Å². The van der Waals surface area contributed by atoms with E-state index in [0.29, 0.717) is 11.1 Å². The van der Waals surface area contributed by atoms with Crippen LogP contribution in [-0.2, 0) is 9.53 Å². The van der Waals surface area contributed by atoms with E-state index in [-0.39, 0.29) is 11.7 Å². The van der Waals surface area contributed by atoms with E-state index in [1.54, 1.807) is 6.92 Å². The number of aryl methyl sites for hydroxylation is 1. The van der Waals surface area contributed by atoms with Crippen LogP contribution in [0.3, 0.4) is 0 Å². The monoisotopic (exact) mass is 281 g/mol. The highest BCUT2D eigenvalue weighted by atomic mass is 19.1. The summed E-state index contributed by atoms with van der Waals surface area (Å²) in [5, 5.41) is 2.65. The Hall–Kier alpha value is -1.91. The van der Waals surface area contributed by atoms with E-state index in [1.165, 1.54) is 25.3 Å². The number of amides is 1. The van der Waals surface area contributed by atoms with Gasteiger partial charge in [0.15, 0.2) is 0 Å². The van der Waals surface area contributed by atoms with Crippen LogP contribution >= 0.6 is 0 Å². The average Bonchev–Trinajstić information content (AvgIpc) is 2.45. The SMILES string of the molecule is CCC(C)C(NC(=O)c1ccc(F)c(C)c1)C(=O)OC. The summed E-state index contributed by atoms with van der Waals surface area (Å²) >= 11 is 0. The number of rotatable bonds is 5. The maximum atomic E-state index is 13.2. The van der Waals surface area contributed by atoms with E-state index in [9.17, 15) is 14.0 Å². The molecule has 0 aliphatic rings. The predicted molar refractivity (Wildman–Crippen MR) is 73.9 cm³/mol. The molecule has 1 aromatic rings. The van der Waals surface area contributed by atoms with E-state index in [2.05, 4.69) is 5.32 Å². The highest BCUT2D eigenvalue weighted by Crippen LogP contribution is 2.13. The van der Waals surface area contributed by atoms with E-state index in [0.717, 1.165) is 6.42 Å². The molecule has 4 nitrogen and oxygen atoms in total. The third kappa shape index (κ3) is 3.79. The molecule has 2 unspecified atom stereocenters. The molecule has 0 aliphatic carbocycles. The molecular formula is C15H20FNO3. The fraction of sp³-hybridized carbons (Fsp3) is 0.467. The van der Waals surface area contributed by atoms with Gasteiger partial charge in [-0.3, -0.25) is 4.79 Å². The zero-order chi connectivity index (χ0) is 15.3. The molecule has 0 fully saturated rings. The van der Waals surface area contributed by atoms with Crippen molar-refractivity contribution >= 4 is 11.9 Å². The first-order chi connectivity index (χ1) is 9.40. The quantitative estimate of drug-likeness (QED) is 0.843. The van der Waals surface area contributed by atoms with E-state index in [1.807, 2.05) is 13.8 Å². The number of halogens is 1. The first kappa shape index (κ1) is 16.1. The number of esters is 1. The lowest BCUT2D eigenvalue weighted by molar-refractivity contribution is -0.144. The summed E-state index contributed by atoms with van der Waals surface area (Å²) in [6.45, 7) is 5.37. The van der Waals surface area contributed by atoms with Crippen molar-refractivity contribution in [3.05, 3.63) is 35.1 Å². The van der Waals surface area contributed by atoms with Gasteiger partial charge in [0.1, 0.15) is 11.9 Å². The van der Waals surface area contributed by atoms with Crippen LogP contribution < -0.4 is 5.32 Å². The third-order valence-corrected chi connectivity index (χ3v) is 3.37. The lowest BCUT2D eigenvalue weighted by Crippen LogP contribution is -2.45. The van der Waals surface area contributed by atoms with Crippen LogP contribution in [0, 0.1) is 18.7 Å². The molecule has 0 aromatic heterocycles. The standard InChI is InChI=1S/C15H20FNO3/c1-5-9(2)13(15(19)20-4)17-14(18)11-6-7-12(16)10(3)8-11/h6-9,13H,5H2,1-4H3,(H,17,18). The minimum absolute atomic E-state index is 0.0482. The van der Waals surface area contributed by atoms with Crippen LogP contribution in [0.4, 0.5) is 4.39 Å². The highest BCUT2D eigenvalue weighted by Gasteiger charge is 2.27. The number of methoxy groups -OCH3 is 1. The molecule has 1 aromatic carbocycles. The van der Waals surface area contributed by atoms with Crippen molar-refractivity contribution in [1.82, 2.24) is 5.32 Å². The number of ether oxygens (including phenoxy) is 1. The Kier molecular flexibility index (Phi) is 5.67. The molecule has 110 valence electrons. The Morgan fingerprint density at radius 1 is 1.40 bits per heavy atom. The summed E-state index contributed by atoms with van der Waals surface area (Å²) in [7, 11) is 1.28. The molecule has 1 amide bonds. The zero-order valence-corrected chi connectivity index (χ0v) is 12.2. The molecule has 2 atom stereocenters. The molecule has 0 radical (unpaired) electrons. The second-order valence-electron chi connectivity index (χ2n) is 4.82. The molecular weight excluding hydrogens is 261 g/mol. The summed E-state index contributed by atoms with van der Waals surface area (Å²) in [5.74, 6) is -1.31. The van der Waals surface area contributed by atoms with Gasteiger partial charge in [-0.25, -0.2) is 9.18 Å². The normalized spacial score (nSPS) is 13.4. The van der Waals surface area contributed by atoms with Gasteiger partial charge in [0.05, 0.1) is 7.11 Å². The minimum atomic E-state index is -0.706. The molecule has 0 aliphatic heterocycles. The van der Waals surface area contributed by atoms with Gasteiger partial charge in [0, 0.05) is 5.56 Å². The van der Waals surface area contributed by atoms with E-state index < -0.39 is 17.9 Å². The van der Waals surface area contributed by atoms with Crippen LogP contribution in [0.5, 0.6) is 0 Å². The fourth-order valence-corrected chi connectivity index (χ4v) is 1.81. The fourth-order valence-electron chi connectivity index (χ4n) is 1.81. The number of carbonyl (C=O) groups is 2. The molecule has 1 N–H and O–H groups in total. The third-order valence-electron chi connectivity index (χ3n) is 3.37. The number of hydrogen-bond acceptors (Lipinski definition) is 3. The Morgan fingerprint density at radius 2 is 2.05 bits per heavy atom. The van der Waals surface area contributed by atoms with Crippen molar-refractivity contribution in [2.75, 3.05) is 7.11 Å². The van der Waals surface area contributed by atoms with Crippen molar-refractivity contribution in [2.24, 2.45) is 5.92 Å². The van der Waals surface area contributed by atoms with Crippen molar-refractivity contribution < 1.29 is 18.7 Å². The summed E-state index contributed by atoms with van der Waals surface area (Å²) < 4.78 is 17.9. The highest BCUT2D eigenvalue weighted by molar-refractivity contribution is 5.97. The van der Waals surface area contributed by atoms with Crippen LogP contribution in [0.2, 0.25) is 0 Å². The average molecular weight is 281 g/mol. The van der Waals surface area contributed by atoms with Gasteiger partial charge in [0.25, 0.3) is 5.91 Å². The van der Waals surface area contributed by atoms with Crippen molar-refractivity contribution in [3.63, 3.8) is 0 Å². The number of carbonyl (C=O) groups excluding carboxylic acids is 2. The maximum absolute atomic E-state index is 13.2. The van der Waals surface area contributed by atoms with Crippen molar-refractivity contribution in [2.45, 2.75) is 33.2 Å². The predicted octanol–water partition coefficient (Wildman–Crippen LogP) is 2.45. The number of benzene rings is 1. The maximum Gasteiger partial charge on any atom is 0.328 e. The van der Waals surface area contributed by atoms with Gasteiger partial charge >= 0.3 is 5.97 Å². The van der Waals surface area contributed by atoms with Crippen LogP contribution in [0.25, 0.3) is 0 Å². The summed E-state index contributed by atoms with van der Waals surface area (Å²) in [5.41, 5.74) is 0.705. The summed E-state index contributed by atoms with van der Waals surface area (Å²) in [6.07, 6.45) is 0.725. The van der Waals surface area contributed by atoms with Gasteiger partial charge in [-0.1, -0.05) is 20.3 Å². The first-order valence-electron chi connectivity index (χ1n) is 6.55. The topological polar surface area (TPSA) is 55.4 Å². The smallest absolute Gasteiger partial charge is 0.328 e. The van der Waals surface area contributed by atoms with E-state index in [4.69, 9.17) is 4.74 Å². The van der Waals surface area contributed by atoms with Crippen molar-refractivity contribution in [1.29, 1.82) is 0 Å².